The van der Waals surface area contributed by atoms with E-state index in [4.69, 9.17) is 14.5 Å². The normalized spacial score (nSPS) is 29.9. The molecule has 1 aliphatic carbocycles. The highest BCUT2D eigenvalue weighted by Gasteiger charge is 2.61. The van der Waals surface area contributed by atoms with E-state index in [1.807, 2.05) is 31.5 Å². The lowest BCUT2D eigenvalue weighted by Gasteiger charge is -2.41. The van der Waals surface area contributed by atoms with Crippen molar-refractivity contribution in [1.29, 1.82) is 0 Å². The quantitative estimate of drug-likeness (QED) is 0.939. The molecule has 3 fully saturated rings. The third-order valence-corrected chi connectivity index (χ3v) is 4.69. The lowest BCUT2D eigenvalue weighted by molar-refractivity contribution is 0.0154. The summed E-state index contributed by atoms with van der Waals surface area (Å²) in [7, 11) is 1.87. The maximum absolute atomic E-state index is 5.88. The number of hydrogen-bond acceptors (Lipinski definition) is 5. The molecule has 2 saturated heterocycles. The molecule has 2 aliphatic heterocycles. The summed E-state index contributed by atoms with van der Waals surface area (Å²) >= 11 is 0. The van der Waals surface area contributed by atoms with Crippen LogP contribution in [-0.2, 0) is 10.2 Å². The molecule has 5 rings (SSSR count). The molecule has 0 radical (unpaired) electrons. The summed E-state index contributed by atoms with van der Waals surface area (Å²) in [4.78, 5) is 9.31. The summed E-state index contributed by atoms with van der Waals surface area (Å²) < 4.78 is 13.6. The number of rotatable bonds is 4. The monoisotopic (exact) mass is 302 g/mol. The van der Waals surface area contributed by atoms with E-state index in [2.05, 4.69) is 23.4 Å². The van der Waals surface area contributed by atoms with E-state index < -0.39 is 0 Å². The lowest BCUT2D eigenvalue weighted by Crippen LogP contribution is -2.45. The van der Waals surface area contributed by atoms with Gasteiger partial charge in [-0.2, -0.15) is 4.98 Å². The summed E-state index contributed by atoms with van der Waals surface area (Å²) in [5.74, 6) is 1.28. The Kier molecular flexibility index (Phi) is 2.73. The summed E-state index contributed by atoms with van der Waals surface area (Å²) in [5, 5.41) is 3.14. The molecule has 6 nitrogen and oxygen atoms in total. The Hall–Kier alpha value is -1.82. The maximum Gasteiger partial charge on any atom is 0.242 e. The number of hydrogen-bond donors (Lipinski definition) is 1. The van der Waals surface area contributed by atoms with Crippen LogP contribution < -0.4 is 10.1 Å². The van der Waals surface area contributed by atoms with Crippen LogP contribution in [0.3, 0.4) is 0 Å². The molecular weight excluding hydrogens is 280 g/mol. The van der Waals surface area contributed by atoms with Crippen LogP contribution in [0.5, 0.6) is 5.88 Å². The van der Waals surface area contributed by atoms with Gasteiger partial charge in [-0.25, -0.2) is 4.98 Å². The average molecular weight is 302 g/mol. The minimum Gasteiger partial charge on any atom is -0.473 e. The van der Waals surface area contributed by atoms with Crippen molar-refractivity contribution in [3.63, 3.8) is 0 Å². The van der Waals surface area contributed by atoms with Gasteiger partial charge in [0.05, 0.1) is 24.0 Å². The van der Waals surface area contributed by atoms with Crippen molar-refractivity contribution in [3.8, 4) is 5.88 Å². The van der Waals surface area contributed by atoms with Crippen molar-refractivity contribution in [3.05, 3.63) is 18.1 Å². The van der Waals surface area contributed by atoms with Gasteiger partial charge < -0.3 is 14.8 Å². The van der Waals surface area contributed by atoms with Crippen molar-refractivity contribution in [2.24, 2.45) is 0 Å². The van der Waals surface area contributed by atoms with Gasteiger partial charge >= 0.3 is 0 Å². The van der Waals surface area contributed by atoms with Gasteiger partial charge in [-0.3, -0.25) is 4.40 Å². The largest absolute Gasteiger partial charge is 0.473 e. The number of nitrogens with zero attached hydrogens (tertiary/aromatic N) is 3. The minimum atomic E-state index is 0.0608. The Labute approximate surface area is 129 Å². The second-order valence-electron chi connectivity index (χ2n) is 7.08. The molecule has 118 valence electrons. The predicted molar refractivity (Wildman–Crippen MR) is 83.6 cm³/mol. The number of ether oxygens (including phenoxy) is 2. The Morgan fingerprint density at radius 1 is 1.32 bits per heavy atom. The zero-order chi connectivity index (χ0) is 15.5. The standard InChI is InChI=1S/C16H22N4O2/c1-10(2)22-13-11(17-4)5-20-6-12(18-14(20)19-13)16-7-15(3,8-16)21-9-16/h5-6,10,17H,7-9H2,1-4H3. The molecule has 0 amide bonds. The lowest BCUT2D eigenvalue weighted by atomic mass is 9.62. The van der Waals surface area contributed by atoms with Crippen molar-refractivity contribution < 1.29 is 9.47 Å². The summed E-state index contributed by atoms with van der Waals surface area (Å²) in [6.45, 7) is 6.93. The van der Waals surface area contributed by atoms with Gasteiger partial charge in [0.1, 0.15) is 5.69 Å². The molecule has 0 spiro atoms. The first-order chi connectivity index (χ1) is 10.4. The topological polar surface area (TPSA) is 60.7 Å². The van der Waals surface area contributed by atoms with Crippen LogP contribution in [0.15, 0.2) is 12.4 Å². The van der Waals surface area contributed by atoms with E-state index in [-0.39, 0.29) is 17.1 Å². The molecule has 1 saturated carbocycles. The molecule has 0 atom stereocenters. The van der Waals surface area contributed by atoms with Crippen LogP contribution in [0, 0.1) is 0 Å². The Balaban J connectivity index is 1.75. The highest BCUT2D eigenvalue weighted by Crippen LogP contribution is 2.58. The number of anilines is 1. The molecule has 2 aromatic rings. The second-order valence-corrected chi connectivity index (χ2v) is 7.08. The highest BCUT2D eigenvalue weighted by molar-refractivity contribution is 5.55. The second kappa shape index (κ2) is 4.35. The third kappa shape index (κ3) is 1.90. The first-order valence-corrected chi connectivity index (χ1v) is 7.82. The zero-order valence-corrected chi connectivity index (χ0v) is 13.5. The molecule has 1 N–H and O–H groups in total. The molecule has 0 unspecified atom stereocenters. The summed E-state index contributed by atoms with van der Waals surface area (Å²) in [5.41, 5.74) is 2.09. The van der Waals surface area contributed by atoms with Crippen LogP contribution in [0.4, 0.5) is 5.69 Å². The van der Waals surface area contributed by atoms with Crippen LogP contribution in [0.2, 0.25) is 0 Å². The van der Waals surface area contributed by atoms with Crippen molar-refractivity contribution in [2.75, 3.05) is 19.0 Å². The zero-order valence-electron chi connectivity index (χ0n) is 13.5. The number of imidazole rings is 1. The van der Waals surface area contributed by atoms with E-state index in [0.717, 1.165) is 30.8 Å². The van der Waals surface area contributed by atoms with Gasteiger partial charge in [-0.05, 0) is 33.6 Å². The molecule has 2 aromatic heterocycles. The molecule has 0 aromatic carbocycles. The first-order valence-electron chi connectivity index (χ1n) is 7.82. The Morgan fingerprint density at radius 3 is 2.68 bits per heavy atom. The molecule has 22 heavy (non-hydrogen) atoms. The molecule has 4 heterocycles. The van der Waals surface area contributed by atoms with Crippen molar-refractivity contribution in [1.82, 2.24) is 14.4 Å². The van der Waals surface area contributed by atoms with E-state index in [1.54, 1.807) is 0 Å². The van der Waals surface area contributed by atoms with E-state index in [0.29, 0.717) is 11.7 Å². The first kappa shape index (κ1) is 13.8. The van der Waals surface area contributed by atoms with Crippen LogP contribution >= 0.6 is 0 Å². The summed E-state index contributed by atoms with van der Waals surface area (Å²) in [6.07, 6.45) is 6.25. The van der Waals surface area contributed by atoms with E-state index in [9.17, 15) is 0 Å². The van der Waals surface area contributed by atoms with E-state index in [1.165, 1.54) is 0 Å². The molecular formula is C16H22N4O2. The fourth-order valence-electron chi connectivity index (χ4n) is 3.80. The van der Waals surface area contributed by atoms with E-state index >= 15 is 0 Å². The van der Waals surface area contributed by atoms with Gasteiger partial charge in [0, 0.05) is 24.9 Å². The average Bonchev–Trinajstić information content (AvgIpc) is 3.07. The molecule has 3 aliphatic rings. The van der Waals surface area contributed by atoms with Crippen LogP contribution in [0.25, 0.3) is 5.78 Å². The minimum absolute atomic E-state index is 0.0608. The van der Waals surface area contributed by atoms with Crippen LogP contribution in [0.1, 0.15) is 39.3 Å². The van der Waals surface area contributed by atoms with Gasteiger partial charge in [0.2, 0.25) is 11.7 Å². The summed E-state index contributed by atoms with van der Waals surface area (Å²) in [6, 6.07) is 0. The van der Waals surface area contributed by atoms with Crippen molar-refractivity contribution in [2.45, 2.75) is 50.7 Å². The predicted octanol–water partition coefficient (Wildman–Crippen LogP) is 2.38. The molecule has 6 heteroatoms. The van der Waals surface area contributed by atoms with Gasteiger partial charge in [-0.1, -0.05) is 0 Å². The van der Waals surface area contributed by atoms with Gasteiger partial charge in [0.25, 0.3) is 0 Å². The Bertz CT molecular complexity index is 731. The molecule has 2 bridgehead atoms. The fourth-order valence-corrected chi connectivity index (χ4v) is 3.80. The van der Waals surface area contributed by atoms with Crippen molar-refractivity contribution >= 4 is 11.5 Å². The fraction of sp³-hybridized carbons (Fsp3) is 0.625. The number of nitrogens with one attached hydrogen (secondary N) is 1. The van der Waals surface area contributed by atoms with Gasteiger partial charge in [-0.15, -0.1) is 0 Å². The highest BCUT2D eigenvalue weighted by atomic mass is 16.5. The SMILES string of the molecule is CNc1cn2cc(C34COC(C)(C3)C4)nc2nc1OC(C)C. The van der Waals surface area contributed by atoms with Crippen LogP contribution in [-0.4, -0.2) is 39.7 Å². The number of fused-ring (bicyclic) bond motifs is 2. The smallest absolute Gasteiger partial charge is 0.242 e. The number of aromatic nitrogens is 3. The van der Waals surface area contributed by atoms with Gasteiger partial charge in [0.15, 0.2) is 0 Å². The Morgan fingerprint density at radius 2 is 2.09 bits per heavy atom. The third-order valence-electron chi connectivity index (χ3n) is 4.69. The maximum atomic E-state index is 5.88.